The summed E-state index contributed by atoms with van der Waals surface area (Å²) >= 11 is 3.12. The standard InChI is InChI=1S/C17H17BrFN3O3/c18-15-6-5-14(25-15)17(24)20-11-16(23)22-9-7-21(8-10-22)13-3-1-12(19)2-4-13/h1-6H,7-11H2,(H,20,24). The molecule has 0 saturated carbocycles. The monoisotopic (exact) mass is 409 g/mol. The Morgan fingerprint density at radius 2 is 1.76 bits per heavy atom. The van der Waals surface area contributed by atoms with Crippen LogP contribution >= 0.6 is 15.9 Å². The average molecular weight is 410 g/mol. The van der Waals surface area contributed by atoms with Gasteiger partial charge in [-0.25, -0.2) is 4.39 Å². The molecule has 132 valence electrons. The second-order valence-electron chi connectivity index (χ2n) is 5.63. The van der Waals surface area contributed by atoms with Crippen molar-refractivity contribution in [1.82, 2.24) is 10.2 Å². The molecular formula is C17H17BrFN3O3. The molecule has 1 aromatic carbocycles. The largest absolute Gasteiger partial charge is 0.444 e. The summed E-state index contributed by atoms with van der Waals surface area (Å²) in [4.78, 5) is 27.9. The fraction of sp³-hybridized carbons (Fsp3) is 0.294. The highest BCUT2D eigenvalue weighted by Crippen LogP contribution is 2.17. The Morgan fingerprint density at radius 3 is 2.36 bits per heavy atom. The maximum absolute atomic E-state index is 13.0. The Balaban J connectivity index is 1.46. The van der Waals surface area contributed by atoms with Crippen LogP contribution in [0.25, 0.3) is 0 Å². The molecule has 1 aliphatic heterocycles. The topological polar surface area (TPSA) is 65.8 Å². The molecule has 1 aliphatic rings. The van der Waals surface area contributed by atoms with E-state index in [1.807, 2.05) is 0 Å². The van der Waals surface area contributed by atoms with Crippen LogP contribution in [0.3, 0.4) is 0 Å². The lowest BCUT2D eigenvalue weighted by Gasteiger charge is -2.36. The van der Waals surface area contributed by atoms with E-state index in [-0.39, 0.29) is 24.0 Å². The van der Waals surface area contributed by atoms with Gasteiger partial charge >= 0.3 is 0 Å². The van der Waals surface area contributed by atoms with Crippen molar-refractivity contribution in [3.63, 3.8) is 0 Å². The smallest absolute Gasteiger partial charge is 0.287 e. The van der Waals surface area contributed by atoms with E-state index in [1.165, 1.54) is 18.2 Å². The van der Waals surface area contributed by atoms with Gasteiger partial charge in [-0.1, -0.05) is 0 Å². The summed E-state index contributed by atoms with van der Waals surface area (Å²) in [5.41, 5.74) is 0.935. The Kier molecular flexibility index (Phi) is 5.37. The van der Waals surface area contributed by atoms with Crippen molar-refractivity contribution in [2.75, 3.05) is 37.6 Å². The van der Waals surface area contributed by atoms with Gasteiger partial charge in [0.25, 0.3) is 5.91 Å². The summed E-state index contributed by atoms with van der Waals surface area (Å²) in [5, 5.41) is 2.56. The number of furan rings is 1. The minimum Gasteiger partial charge on any atom is -0.444 e. The van der Waals surface area contributed by atoms with Gasteiger partial charge in [0.2, 0.25) is 5.91 Å². The van der Waals surface area contributed by atoms with Gasteiger partial charge in [-0.3, -0.25) is 9.59 Å². The Bertz CT molecular complexity index is 755. The minimum absolute atomic E-state index is 0.0757. The first-order chi connectivity index (χ1) is 12.0. The number of amides is 2. The van der Waals surface area contributed by atoms with Gasteiger partial charge in [-0.2, -0.15) is 0 Å². The number of anilines is 1. The molecule has 0 aliphatic carbocycles. The van der Waals surface area contributed by atoms with Crippen LogP contribution in [-0.4, -0.2) is 49.4 Å². The molecule has 0 atom stereocenters. The first kappa shape index (κ1) is 17.5. The van der Waals surface area contributed by atoms with Gasteiger partial charge in [0, 0.05) is 31.9 Å². The third-order valence-electron chi connectivity index (χ3n) is 4.02. The minimum atomic E-state index is -0.427. The molecule has 1 N–H and O–H groups in total. The number of halogens is 2. The highest BCUT2D eigenvalue weighted by molar-refractivity contribution is 9.10. The lowest BCUT2D eigenvalue weighted by atomic mass is 10.2. The summed E-state index contributed by atoms with van der Waals surface area (Å²) < 4.78 is 18.6. The van der Waals surface area contributed by atoms with Crippen molar-refractivity contribution in [3.05, 3.63) is 52.6 Å². The highest BCUT2D eigenvalue weighted by atomic mass is 79.9. The van der Waals surface area contributed by atoms with Crippen LogP contribution in [0.1, 0.15) is 10.6 Å². The van der Waals surface area contributed by atoms with Gasteiger partial charge in [-0.05, 0) is 52.3 Å². The Hall–Kier alpha value is -2.35. The summed E-state index contributed by atoms with van der Waals surface area (Å²) in [6.07, 6.45) is 0. The Labute approximate surface area is 152 Å². The van der Waals surface area contributed by atoms with Crippen LogP contribution in [0.4, 0.5) is 10.1 Å². The van der Waals surface area contributed by atoms with Crippen LogP contribution in [-0.2, 0) is 4.79 Å². The molecular weight excluding hydrogens is 393 g/mol. The number of benzene rings is 1. The fourth-order valence-electron chi connectivity index (χ4n) is 2.66. The number of carbonyl (C=O) groups is 2. The average Bonchev–Trinajstić information content (AvgIpc) is 3.07. The molecule has 2 amide bonds. The number of hydrogen-bond acceptors (Lipinski definition) is 4. The van der Waals surface area contributed by atoms with Gasteiger partial charge in [0.15, 0.2) is 10.4 Å². The summed E-state index contributed by atoms with van der Waals surface area (Å²) in [6.45, 7) is 2.36. The fourth-order valence-corrected chi connectivity index (χ4v) is 2.96. The van der Waals surface area contributed by atoms with E-state index in [9.17, 15) is 14.0 Å². The summed E-state index contributed by atoms with van der Waals surface area (Å²) in [7, 11) is 0. The molecule has 1 aromatic heterocycles. The van der Waals surface area contributed by atoms with E-state index >= 15 is 0 Å². The molecule has 3 rings (SSSR count). The lowest BCUT2D eigenvalue weighted by Crippen LogP contribution is -2.51. The van der Waals surface area contributed by atoms with Gasteiger partial charge in [0.05, 0.1) is 6.54 Å². The molecule has 1 fully saturated rings. The maximum atomic E-state index is 13.0. The molecule has 6 nitrogen and oxygen atoms in total. The van der Waals surface area contributed by atoms with Crippen molar-refractivity contribution in [3.8, 4) is 0 Å². The molecule has 2 aromatic rings. The van der Waals surface area contributed by atoms with E-state index in [2.05, 4.69) is 26.1 Å². The predicted octanol–water partition coefficient (Wildman–Crippen LogP) is 2.26. The Morgan fingerprint density at radius 1 is 1.08 bits per heavy atom. The molecule has 0 unspecified atom stereocenters. The SMILES string of the molecule is O=C(NCC(=O)N1CCN(c2ccc(F)cc2)CC1)c1ccc(Br)o1. The van der Waals surface area contributed by atoms with Crippen LogP contribution in [0.15, 0.2) is 45.5 Å². The molecule has 0 spiro atoms. The predicted molar refractivity (Wildman–Crippen MR) is 93.9 cm³/mol. The molecule has 25 heavy (non-hydrogen) atoms. The number of rotatable bonds is 4. The van der Waals surface area contributed by atoms with Crippen LogP contribution < -0.4 is 10.2 Å². The van der Waals surface area contributed by atoms with Crippen LogP contribution in [0.5, 0.6) is 0 Å². The number of carbonyl (C=O) groups excluding carboxylic acids is 2. The second kappa shape index (κ2) is 7.69. The van der Waals surface area contributed by atoms with Crippen LogP contribution in [0.2, 0.25) is 0 Å². The zero-order chi connectivity index (χ0) is 17.8. The van der Waals surface area contributed by atoms with Gasteiger partial charge < -0.3 is 19.5 Å². The van der Waals surface area contributed by atoms with Crippen molar-refractivity contribution in [2.24, 2.45) is 0 Å². The van der Waals surface area contributed by atoms with E-state index in [0.717, 1.165) is 5.69 Å². The van der Waals surface area contributed by atoms with E-state index in [4.69, 9.17) is 4.42 Å². The summed E-state index contributed by atoms with van der Waals surface area (Å²) in [6, 6.07) is 9.46. The third kappa shape index (κ3) is 4.39. The zero-order valence-electron chi connectivity index (χ0n) is 13.4. The van der Waals surface area contributed by atoms with Crippen molar-refractivity contribution < 1.29 is 18.4 Å². The summed E-state index contributed by atoms with van der Waals surface area (Å²) in [5.74, 6) is -0.681. The third-order valence-corrected chi connectivity index (χ3v) is 4.45. The molecule has 0 bridgehead atoms. The van der Waals surface area contributed by atoms with Gasteiger partial charge in [0.1, 0.15) is 5.82 Å². The first-order valence-corrected chi connectivity index (χ1v) is 8.64. The quantitative estimate of drug-likeness (QED) is 0.840. The van der Waals surface area contributed by atoms with E-state index in [1.54, 1.807) is 23.1 Å². The highest BCUT2D eigenvalue weighted by Gasteiger charge is 2.22. The van der Waals surface area contributed by atoms with Crippen molar-refractivity contribution >= 4 is 33.4 Å². The molecule has 8 heteroatoms. The first-order valence-electron chi connectivity index (χ1n) is 7.85. The zero-order valence-corrected chi connectivity index (χ0v) is 15.0. The van der Waals surface area contributed by atoms with Crippen LogP contribution in [0, 0.1) is 5.82 Å². The number of nitrogens with one attached hydrogen (secondary N) is 1. The molecule has 2 heterocycles. The normalized spacial score (nSPS) is 14.5. The van der Waals surface area contributed by atoms with Crippen molar-refractivity contribution in [1.29, 1.82) is 0 Å². The van der Waals surface area contributed by atoms with E-state index < -0.39 is 5.91 Å². The maximum Gasteiger partial charge on any atom is 0.287 e. The number of nitrogens with zero attached hydrogens (tertiary/aromatic N) is 2. The lowest BCUT2D eigenvalue weighted by molar-refractivity contribution is -0.130. The molecule has 1 saturated heterocycles. The van der Waals surface area contributed by atoms with Crippen molar-refractivity contribution in [2.45, 2.75) is 0 Å². The number of piperazine rings is 1. The van der Waals surface area contributed by atoms with Gasteiger partial charge in [-0.15, -0.1) is 0 Å². The van der Waals surface area contributed by atoms with E-state index in [0.29, 0.717) is 30.8 Å². The number of hydrogen-bond donors (Lipinski definition) is 1. The second-order valence-corrected chi connectivity index (χ2v) is 6.41. The molecule has 0 radical (unpaired) electrons.